The first-order chi connectivity index (χ1) is 8.04. The van der Waals surface area contributed by atoms with Gasteiger partial charge in [-0.3, -0.25) is 0 Å². The van der Waals surface area contributed by atoms with Crippen LogP contribution >= 0.6 is 11.6 Å². The molecule has 2 heterocycles. The molecule has 0 N–H and O–H groups in total. The van der Waals surface area contributed by atoms with E-state index in [9.17, 15) is 0 Å². The summed E-state index contributed by atoms with van der Waals surface area (Å²) in [5.41, 5.74) is 1.88. The Bertz CT molecular complexity index is 409. The molecule has 1 aromatic rings. The maximum absolute atomic E-state index is 5.81. The number of alkyl halides is 1. The summed E-state index contributed by atoms with van der Waals surface area (Å²) in [5, 5.41) is 0. The summed E-state index contributed by atoms with van der Waals surface area (Å²) in [6.07, 6.45) is 1.82. The van der Waals surface area contributed by atoms with Gasteiger partial charge in [-0.2, -0.15) is 0 Å². The molecule has 1 aromatic heterocycles. The lowest BCUT2D eigenvalue weighted by atomic mass is 10.0. The third kappa shape index (κ3) is 2.53. The van der Waals surface area contributed by atoms with Gasteiger partial charge in [0.25, 0.3) is 0 Å². The van der Waals surface area contributed by atoms with E-state index in [0.717, 1.165) is 30.4 Å². The van der Waals surface area contributed by atoms with E-state index < -0.39 is 0 Å². The maximum atomic E-state index is 5.81. The van der Waals surface area contributed by atoms with Crippen LogP contribution in [0.3, 0.4) is 0 Å². The lowest BCUT2D eigenvalue weighted by Crippen LogP contribution is -2.53. The van der Waals surface area contributed by atoms with Crippen LogP contribution in [0.2, 0.25) is 0 Å². The van der Waals surface area contributed by atoms with E-state index in [0.29, 0.717) is 12.5 Å². The van der Waals surface area contributed by atoms with Crippen molar-refractivity contribution in [1.82, 2.24) is 9.97 Å². The van der Waals surface area contributed by atoms with Crippen molar-refractivity contribution in [2.75, 3.05) is 24.7 Å². The SMILES string of the molecule is Cc1nc(N2CCOCC2(C)C)ncc1CCl. The topological polar surface area (TPSA) is 38.2 Å². The Morgan fingerprint density at radius 1 is 1.53 bits per heavy atom. The first-order valence-electron chi connectivity index (χ1n) is 5.78. The number of anilines is 1. The van der Waals surface area contributed by atoms with Gasteiger partial charge in [-0.15, -0.1) is 11.6 Å². The quantitative estimate of drug-likeness (QED) is 0.759. The first kappa shape index (κ1) is 12.6. The van der Waals surface area contributed by atoms with Crippen LogP contribution in [0.25, 0.3) is 0 Å². The van der Waals surface area contributed by atoms with Gasteiger partial charge in [-0.05, 0) is 20.8 Å². The number of aromatic nitrogens is 2. The predicted molar refractivity (Wildman–Crippen MR) is 68.6 cm³/mol. The number of hydrogen-bond acceptors (Lipinski definition) is 4. The zero-order valence-corrected chi connectivity index (χ0v) is 11.3. The molecule has 2 rings (SSSR count). The molecule has 94 valence electrons. The highest BCUT2D eigenvalue weighted by molar-refractivity contribution is 6.17. The van der Waals surface area contributed by atoms with E-state index in [2.05, 4.69) is 28.7 Å². The second-order valence-corrected chi connectivity index (χ2v) is 5.20. The van der Waals surface area contributed by atoms with Gasteiger partial charge in [-0.25, -0.2) is 9.97 Å². The fourth-order valence-electron chi connectivity index (χ4n) is 1.97. The molecule has 17 heavy (non-hydrogen) atoms. The number of rotatable bonds is 2. The molecule has 5 heteroatoms. The summed E-state index contributed by atoms with van der Waals surface area (Å²) in [4.78, 5) is 11.1. The van der Waals surface area contributed by atoms with Crippen LogP contribution in [0.1, 0.15) is 25.1 Å². The van der Waals surface area contributed by atoms with Crippen molar-refractivity contribution in [3.63, 3.8) is 0 Å². The average molecular weight is 256 g/mol. The fourth-order valence-corrected chi connectivity index (χ4v) is 2.23. The fraction of sp³-hybridized carbons (Fsp3) is 0.667. The van der Waals surface area contributed by atoms with Crippen LogP contribution in [0, 0.1) is 6.92 Å². The number of halogens is 1. The summed E-state index contributed by atoms with van der Waals surface area (Å²) in [6, 6.07) is 0. The van der Waals surface area contributed by atoms with Crippen molar-refractivity contribution in [2.24, 2.45) is 0 Å². The number of nitrogens with zero attached hydrogens (tertiary/aromatic N) is 3. The summed E-state index contributed by atoms with van der Waals surface area (Å²) in [6.45, 7) is 8.50. The minimum atomic E-state index is -0.0623. The smallest absolute Gasteiger partial charge is 0.226 e. The zero-order chi connectivity index (χ0) is 12.5. The van der Waals surface area contributed by atoms with Gasteiger partial charge in [0.15, 0.2) is 0 Å². The summed E-state index contributed by atoms with van der Waals surface area (Å²) >= 11 is 5.81. The summed E-state index contributed by atoms with van der Waals surface area (Å²) < 4.78 is 5.49. The lowest BCUT2D eigenvalue weighted by molar-refractivity contribution is 0.0633. The Balaban J connectivity index is 2.30. The first-order valence-corrected chi connectivity index (χ1v) is 6.32. The number of morpholine rings is 1. The van der Waals surface area contributed by atoms with Crippen molar-refractivity contribution in [2.45, 2.75) is 32.2 Å². The highest BCUT2D eigenvalue weighted by Gasteiger charge is 2.32. The Labute approximate surface area is 107 Å². The average Bonchev–Trinajstić information content (AvgIpc) is 2.28. The predicted octanol–water partition coefficient (Wildman–Crippen LogP) is 2.14. The maximum Gasteiger partial charge on any atom is 0.226 e. The van der Waals surface area contributed by atoms with Gasteiger partial charge in [0.05, 0.1) is 24.6 Å². The van der Waals surface area contributed by atoms with E-state index in [-0.39, 0.29) is 5.54 Å². The van der Waals surface area contributed by atoms with E-state index in [1.54, 1.807) is 0 Å². The van der Waals surface area contributed by atoms with E-state index in [4.69, 9.17) is 16.3 Å². The van der Waals surface area contributed by atoms with Crippen molar-refractivity contribution < 1.29 is 4.74 Å². The molecular weight excluding hydrogens is 238 g/mol. The Morgan fingerprint density at radius 3 is 2.88 bits per heavy atom. The van der Waals surface area contributed by atoms with E-state index >= 15 is 0 Å². The van der Waals surface area contributed by atoms with Crippen LogP contribution in [-0.4, -0.2) is 35.3 Å². The highest BCUT2D eigenvalue weighted by Crippen LogP contribution is 2.24. The van der Waals surface area contributed by atoms with Crippen molar-refractivity contribution in [3.05, 3.63) is 17.5 Å². The molecule has 0 aromatic carbocycles. The normalized spacial score (nSPS) is 19.4. The van der Waals surface area contributed by atoms with Crippen LogP contribution in [0.15, 0.2) is 6.20 Å². The van der Waals surface area contributed by atoms with Crippen molar-refractivity contribution >= 4 is 17.5 Å². The third-order valence-electron chi connectivity index (χ3n) is 3.10. The lowest BCUT2D eigenvalue weighted by Gasteiger charge is -2.42. The Kier molecular flexibility index (Phi) is 3.54. The molecule has 0 saturated carbocycles. The number of hydrogen-bond donors (Lipinski definition) is 0. The van der Waals surface area contributed by atoms with E-state index in [1.165, 1.54) is 0 Å². The molecule has 4 nitrogen and oxygen atoms in total. The summed E-state index contributed by atoms with van der Waals surface area (Å²) in [5.74, 6) is 1.23. The third-order valence-corrected chi connectivity index (χ3v) is 3.39. The molecule has 0 atom stereocenters. The Hall–Kier alpha value is -0.870. The van der Waals surface area contributed by atoms with Crippen LogP contribution in [-0.2, 0) is 10.6 Å². The van der Waals surface area contributed by atoms with Crippen LogP contribution < -0.4 is 4.90 Å². The summed E-state index contributed by atoms with van der Waals surface area (Å²) in [7, 11) is 0. The second kappa shape index (κ2) is 4.78. The molecule has 0 amide bonds. The molecule has 0 unspecified atom stereocenters. The highest BCUT2D eigenvalue weighted by atomic mass is 35.5. The molecule has 1 aliphatic heterocycles. The molecule has 1 aliphatic rings. The Morgan fingerprint density at radius 2 is 2.29 bits per heavy atom. The van der Waals surface area contributed by atoms with E-state index in [1.807, 2.05) is 13.1 Å². The molecule has 0 spiro atoms. The molecule has 1 saturated heterocycles. The molecule has 0 aliphatic carbocycles. The van der Waals surface area contributed by atoms with Crippen molar-refractivity contribution in [1.29, 1.82) is 0 Å². The van der Waals surface area contributed by atoms with Crippen LogP contribution in [0.4, 0.5) is 5.95 Å². The largest absolute Gasteiger partial charge is 0.377 e. The monoisotopic (exact) mass is 255 g/mol. The standard InChI is InChI=1S/C12H18ClN3O/c1-9-10(6-13)7-14-11(15-9)16-4-5-17-8-12(16,2)3/h7H,4-6,8H2,1-3H3. The number of ether oxygens (including phenoxy) is 1. The minimum absolute atomic E-state index is 0.0623. The van der Waals surface area contributed by atoms with Gasteiger partial charge >= 0.3 is 0 Å². The van der Waals surface area contributed by atoms with Crippen LogP contribution in [0.5, 0.6) is 0 Å². The van der Waals surface area contributed by atoms with Gasteiger partial charge in [0.2, 0.25) is 5.95 Å². The van der Waals surface area contributed by atoms with Gasteiger partial charge < -0.3 is 9.64 Å². The van der Waals surface area contributed by atoms with Crippen molar-refractivity contribution in [3.8, 4) is 0 Å². The van der Waals surface area contributed by atoms with Gasteiger partial charge in [0.1, 0.15) is 0 Å². The second-order valence-electron chi connectivity index (χ2n) is 4.93. The minimum Gasteiger partial charge on any atom is -0.377 e. The number of aryl methyl sites for hydroxylation is 1. The molecule has 1 fully saturated rings. The molecule has 0 bridgehead atoms. The zero-order valence-electron chi connectivity index (χ0n) is 10.5. The van der Waals surface area contributed by atoms with Gasteiger partial charge in [0, 0.05) is 24.0 Å². The molecule has 0 radical (unpaired) electrons. The molecular formula is C12H18ClN3O. The van der Waals surface area contributed by atoms with Gasteiger partial charge in [-0.1, -0.05) is 0 Å².